The van der Waals surface area contributed by atoms with Crippen LogP contribution in [0.1, 0.15) is 15.9 Å². The number of pyridine rings is 1. The number of nitrogens with zero attached hydrogens (tertiary/aromatic N) is 1. The lowest BCUT2D eigenvalue weighted by atomic mass is 10.1. The van der Waals surface area contributed by atoms with E-state index < -0.39 is 17.6 Å². The second-order valence-corrected chi connectivity index (χ2v) is 4.88. The van der Waals surface area contributed by atoms with Crippen LogP contribution >= 0.6 is 0 Å². The number of halogens is 3. The van der Waals surface area contributed by atoms with Gasteiger partial charge in [0.25, 0.3) is 5.91 Å². The second-order valence-electron chi connectivity index (χ2n) is 4.88. The summed E-state index contributed by atoms with van der Waals surface area (Å²) < 4.78 is 43.8. The Morgan fingerprint density at radius 2 is 2.00 bits per heavy atom. The molecule has 1 aromatic carbocycles. The molecule has 0 radical (unpaired) electrons. The number of hydrogen-bond acceptors (Lipinski definition) is 4. The van der Waals surface area contributed by atoms with Gasteiger partial charge in [-0.1, -0.05) is 12.1 Å². The van der Waals surface area contributed by atoms with Crippen LogP contribution in [-0.4, -0.2) is 31.2 Å². The van der Waals surface area contributed by atoms with Crippen molar-refractivity contribution in [2.24, 2.45) is 0 Å². The predicted molar refractivity (Wildman–Crippen MR) is 84.0 cm³/mol. The first-order chi connectivity index (χ1) is 11.4. The highest BCUT2D eigenvalue weighted by Crippen LogP contribution is 2.34. The smallest absolute Gasteiger partial charge is 0.383 e. The fourth-order valence-corrected chi connectivity index (χ4v) is 1.99. The Morgan fingerprint density at radius 1 is 1.25 bits per heavy atom. The van der Waals surface area contributed by atoms with Gasteiger partial charge in [-0.3, -0.25) is 9.78 Å². The van der Waals surface area contributed by atoms with E-state index in [-0.39, 0.29) is 11.3 Å². The van der Waals surface area contributed by atoms with E-state index in [1.165, 1.54) is 36.7 Å². The van der Waals surface area contributed by atoms with Crippen LogP contribution in [0, 0.1) is 0 Å². The van der Waals surface area contributed by atoms with Gasteiger partial charge in [0.05, 0.1) is 29.1 Å². The van der Waals surface area contributed by atoms with Crippen molar-refractivity contribution in [2.75, 3.05) is 30.9 Å². The number of alkyl halides is 3. The average molecular weight is 339 g/mol. The maximum Gasteiger partial charge on any atom is 0.418 e. The summed E-state index contributed by atoms with van der Waals surface area (Å²) in [5.41, 5.74) is -0.480. The number of amides is 1. The number of ether oxygens (including phenoxy) is 1. The zero-order valence-corrected chi connectivity index (χ0v) is 12.9. The summed E-state index contributed by atoms with van der Waals surface area (Å²) in [7, 11) is 1.56. The number of benzene rings is 1. The predicted octanol–water partition coefficient (Wildman–Crippen LogP) is 3.41. The van der Waals surface area contributed by atoms with E-state index in [2.05, 4.69) is 15.6 Å². The van der Waals surface area contributed by atoms with Gasteiger partial charge in [-0.05, 0) is 18.2 Å². The normalized spacial score (nSPS) is 11.2. The number of carbonyl (C=O) groups is 1. The molecule has 0 bridgehead atoms. The van der Waals surface area contributed by atoms with Crippen LogP contribution in [0.5, 0.6) is 0 Å². The summed E-state index contributed by atoms with van der Waals surface area (Å²) in [6.45, 7) is 0.982. The quantitative estimate of drug-likeness (QED) is 0.792. The molecule has 0 spiro atoms. The molecule has 5 nitrogen and oxygen atoms in total. The highest BCUT2D eigenvalue weighted by molar-refractivity contribution is 6.05. The van der Waals surface area contributed by atoms with Crippen molar-refractivity contribution >= 4 is 17.3 Å². The van der Waals surface area contributed by atoms with Crippen molar-refractivity contribution in [2.45, 2.75) is 6.18 Å². The van der Waals surface area contributed by atoms with Crippen LogP contribution < -0.4 is 10.6 Å². The molecule has 0 saturated carbocycles. The lowest BCUT2D eigenvalue weighted by molar-refractivity contribution is -0.136. The largest absolute Gasteiger partial charge is 0.418 e. The van der Waals surface area contributed by atoms with Crippen molar-refractivity contribution < 1.29 is 22.7 Å². The summed E-state index contributed by atoms with van der Waals surface area (Å²) in [5.74, 6) is -0.672. The molecular formula is C16H16F3N3O2. The van der Waals surface area contributed by atoms with Gasteiger partial charge >= 0.3 is 6.18 Å². The molecule has 0 atom stereocenters. The minimum absolute atomic E-state index is 0.148. The maximum atomic E-state index is 13.0. The Labute approximate surface area is 136 Å². The Balaban J connectivity index is 2.15. The number of hydrogen-bond donors (Lipinski definition) is 2. The number of para-hydroxylation sites is 1. The molecule has 1 heterocycles. The number of rotatable bonds is 6. The average Bonchev–Trinajstić information content (AvgIpc) is 2.55. The molecule has 0 unspecified atom stereocenters. The van der Waals surface area contributed by atoms with Crippen molar-refractivity contribution in [1.29, 1.82) is 0 Å². The van der Waals surface area contributed by atoms with Crippen LogP contribution in [0.2, 0.25) is 0 Å². The molecule has 8 heteroatoms. The molecule has 0 aliphatic carbocycles. The van der Waals surface area contributed by atoms with Crippen LogP contribution in [-0.2, 0) is 10.9 Å². The highest BCUT2D eigenvalue weighted by Gasteiger charge is 2.33. The van der Waals surface area contributed by atoms with Crippen LogP contribution in [0.3, 0.4) is 0 Å². The van der Waals surface area contributed by atoms with E-state index in [1.54, 1.807) is 7.11 Å². The summed E-state index contributed by atoms with van der Waals surface area (Å²) in [4.78, 5) is 16.1. The van der Waals surface area contributed by atoms with Crippen molar-refractivity contribution in [3.63, 3.8) is 0 Å². The summed E-state index contributed by atoms with van der Waals surface area (Å²) in [6.07, 6.45) is -1.76. The molecular weight excluding hydrogens is 323 g/mol. The first-order valence-electron chi connectivity index (χ1n) is 7.07. The summed E-state index contributed by atoms with van der Waals surface area (Å²) in [6, 6.07) is 6.31. The van der Waals surface area contributed by atoms with Crippen molar-refractivity contribution in [1.82, 2.24) is 4.98 Å². The zero-order valence-electron chi connectivity index (χ0n) is 12.9. The van der Waals surface area contributed by atoms with Gasteiger partial charge in [-0.15, -0.1) is 0 Å². The summed E-state index contributed by atoms with van der Waals surface area (Å²) in [5, 5.41) is 5.27. The molecule has 2 rings (SSSR count). The minimum atomic E-state index is -4.55. The van der Waals surface area contributed by atoms with Crippen molar-refractivity contribution in [3.05, 3.63) is 53.9 Å². The van der Waals surface area contributed by atoms with Crippen LogP contribution in [0.25, 0.3) is 0 Å². The minimum Gasteiger partial charge on any atom is -0.383 e. The van der Waals surface area contributed by atoms with E-state index in [0.29, 0.717) is 18.8 Å². The molecule has 2 aromatic rings. The lowest BCUT2D eigenvalue weighted by Crippen LogP contribution is -2.17. The Morgan fingerprint density at radius 3 is 2.71 bits per heavy atom. The molecule has 2 N–H and O–H groups in total. The van der Waals surface area contributed by atoms with E-state index in [9.17, 15) is 18.0 Å². The van der Waals surface area contributed by atoms with E-state index >= 15 is 0 Å². The molecule has 1 amide bonds. The highest BCUT2D eigenvalue weighted by atomic mass is 19.4. The fourth-order valence-electron chi connectivity index (χ4n) is 1.99. The number of aromatic nitrogens is 1. The van der Waals surface area contributed by atoms with Gasteiger partial charge in [0.1, 0.15) is 0 Å². The van der Waals surface area contributed by atoms with Crippen LogP contribution in [0.15, 0.2) is 42.7 Å². The van der Waals surface area contributed by atoms with Gasteiger partial charge < -0.3 is 15.4 Å². The monoisotopic (exact) mass is 339 g/mol. The third-order valence-corrected chi connectivity index (χ3v) is 3.12. The summed E-state index contributed by atoms with van der Waals surface area (Å²) >= 11 is 0. The van der Waals surface area contributed by atoms with E-state index in [4.69, 9.17) is 4.74 Å². The third-order valence-electron chi connectivity index (χ3n) is 3.12. The van der Waals surface area contributed by atoms with Gasteiger partial charge in [-0.25, -0.2) is 0 Å². The number of methoxy groups -OCH3 is 1. The Kier molecular flexibility index (Phi) is 5.75. The first-order valence-corrected chi connectivity index (χ1v) is 7.07. The fraction of sp³-hybridized carbons (Fsp3) is 0.250. The number of nitrogens with one attached hydrogen (secondary N) is 2. The van der Waals surface area contributed by atoms with Gasteiger partial charge in [0.2, 0.25) is 0 Å². The van der Waals surface area contributed by atoms with Crippen LogP contribution in [0.4, 0.5) is 24.5 Å². The Bertz CT molecular complexity index is 705. The van der Waals surface area contributed by atoms with E-state index in [0.717, 1.165) is 6.07 Å². The number of anilines is 2. The second kappa shape index (κ2) is 7.78. The molecule has 0 fully saturated rings. The van der Waals surface area contributed by atoms with Crippen molar-refractivity contribution in [3.8, 4) is 0 Å². The topological polar surface area (TPSA) is 63.2 Å². The zero-order chi connectivity index (χ0) is 17.6. The molecule has 0 saturated heterocycles. The molecule has 24 heavy (non-hydrogen) atoms. The lowest BCUT2D eigenvalue weighted by Gasteiger charge is -2.13. The SMILES string of the molecule is COCCNc1cncc(C(=O)Nc2ccccc2C(F)(F)F)c1. The van der Waals surface area contributed by atoms with Gasteiger partial charge in [0.15, 0.2) is 0 Å². The molecule has 1 aromatic heterocycles. The van der Waals surface area contributed by atoms with Gasteiger partial charge in [0, 0.05) is 26.0 Å². The molecule has 0 aliphatic heterocycles. The maximum absolute atomic E-state index is 13.0. The Hall–Kier alpha value is -2.61. The first kappa shape index (κ1) is 17.7. The standard InChI is InChI=1S/C16H16F3N3O2/c1-24-7-6-21-12-8-11(9-20-10-12)15(23)22-14-5-3-2-4-13(14)16(17,18)19/h2-5,8-10,21H,6-7H2,1H3,(H,22,23). The third kappa shape index (κ3) is 4.69. The van der Waals surface area contributed by atoms with Gasteiger partial charge in [-0.2, -0.15) is 13.2 Å². The molecule has 0 aliphatic rings. The molecule has 128 valence electrons. The van der Waals surface area contributed by atoms with E-state index in [1.807, 2.05) is 0 Å². The number of carbonyl (C=O) groups excluding carboxylic acids is 1.